The highest BCUT2D eigenvalue weighted by Gasteiger charge is 2.11. The van der Waals surface area contributed by atoms with Crippen molar-refractivity contribution in [1.82, 2.24) is 5.32 Å². The second-order valence-corrected chi connectivity index (χ2v) is 6.11. The van der Waals surface area contributed by atoms with Crippen molar-refractivity contribution in [3.63, 3.8) is 0 Å². The van der Waals surface area contributed by atoms with Crippen LogP contribution in [0.25, 0.3) is 6.08 Å². The van der Waals surface area contributed by atoms with Gasteiger partial charge in [-0.15, -0.1) is 0 Å². The minimum Gasteiger partial charge on any atom is -0.493 e. The molecule has 2 aromatic carbocycles. The molecule has 0 atom stereocenters. The van der Waals surface area contributed by atoms with Crippen LogP contribution in [0.4, 0.5) is 0 Å². The van der Waals surface area contributed by atoms with Crippen LogP contribution < -0.4 is 14.8 Å². The Morgan fingerprint density at radius 3 is 2.59 bits per heavy atom. The highest BCUT2D eigenvalue weighted by molar-refractivity contribution is 6.01. The number of nitrogens with one attached hydrogen (secondary N) is 1. The highest BCUT2D eigenvalue weighted by atomic mass is 16.5. The Kier molecular flexibility index (Phi) is 8.27. The highest BCUT2D eigenvalue weighted by Crippen LogP contribution is 2.28. The maximum absolute atomic E-state index is 12.3. The average molecular weight is 394 g/mol. The summed E-state index contributed by atoms with van der Waals surface area (Å²) in [5.74, 6) is -0.992. The molecule has 0 radical (unpaired) electrons. The molecule has 0 unspecified atom stereocenters. The molecule has 0 saturated heterocycles. The van der Waals surface area contributed by atoms with Gasteiger partial charge in [-0.05, 0) is 42.2 Å². The number of carbonyl (C=O) groups is 2. The number of amides is 1. The Labute approximate surface area is 169 Å². The molecule has 150 valence electrons. The lowest BCUT2D eigenvalue weighted by Gasteiger charge is -2.10. The van der Waals surface area contributed by atoms with E-state index in [1.807, 2.05) is 36.4 Å². The molecule has 0 saturated carbocycles. The van der Waals surface area contributed by atoms with E-state index >= 15 is 0 Å². The second kappa shape index (κ2) is 11.1. The first kappa shape index (κ1) is 21.5. The van der Waals surface area contributed by atoms with E-state index in [4.69, 9.17) is 14.6 Å². The first-order valence-electron chi connectivity index (χ1n) is 9.00. The van der Waals surface area contributed by atoms with Gasteiger partial charge in [0, 0.05) is 6.54 Å². The molecule has 0 aliphatic heterocycles. The van der Waals surface area contributed by atoms with E-state index in [1.165, 1.54) is 24.8 Å². The van der Waals surface area contributed by atoms with E-state index < -0.39 is 18.5 Å². The number of hydrogen-bond acceptors (Lipinski definition) is 5. The van der Waals surface area contributed by atoms with Crippen LogP contribution >= 0.6 is 0 Å². The summed E-state index contributed by atoms with van der Waals surface area (Å²) in [5, 5.41) is 20.8. The number of hydrogen-bond donors (Lipinski definition) is 2. The molecule has 0 spiro atoms. The van der Waals surface area contributed by atoms with E-state index in [1.54, 1.807) is 12.1 Å². The summed E-state index contributed by atoms with van der Waals surface area (Å²) in [6.45, 7) is -0.0432. The zero-order valence-corrected chi connectivity index (χ0v) is 16.1. The normalized spacial score (nSPS) is 10.7. The van der Waals surface area contributed by atoms with Crippen LogP contribution in [-0.4, -0.2) is 37.2 Å². The van der Waals surface area contributed by atoms with Crippen LogP contribution in [0.2, 0.25) is 0 Å². The Morgan fingerprint density at radius 1 is 1.17 bits per heavy atom. The van der Waals surface area contributed by atoms with Crippen LogP contribution in [0.15, 0.2) is 54.1 Å². The monoisotopic (exact) mass is 394 g/mol. The summed E-state index contributed by atoms with van der Waals surface area (Å²) >= 11 is 0. The minimum absolute atomic E-state index is 0.0361. The third-order valence-corrected chi connectivity index (χ3v) is 3.99. The summed E-state index contributed by atoms with van der Waals surface area (Å²) in [4.78, 5) is 22.9. The standard InChI is InChI=1S/C22H22N2O5/c1-28-20-13-17(9-10-19(20)29-15-21(25)26)12-18(14-23)22(27)24-11-5-8-16-6-3-2-4-7-16/h2-4,6-7,9-10,12-13H,5,8,11,15H2,1H3,(H,24,27)(H,25,26). The molecule has 7 heteroatoms. The molecule has 0 bridgehead atoms. The van der Waals surface area contributed by atoms with Gasteiger partial charge >= 0.3 is 5.97 Å². The number of carboxylic acids is 1. The summed E-state index contributed by atoms with van der Waals surface area (Å²) < 4.78 is 10.3. The number of benzene rings is 2. The van der Waals surface area contributed by atoms with Crippen LogP contribution in [0, 0.1) is 11.3 Å². The summed E-state index contributed by atoms with van der Waals surface area (Å²) in [7, 11) is 1.42. The minimum atomic E-state index is -1.10. The molecule has 0 aliphatic carbocycles. The number of carboxylic acid groups (broad SMARTS) is 1. The fraction of sp³-hybridized carbons (Fsp3) is 0.227. The maximum atomic E-state index is 12.3. The van der Waals surface area contributed by atoms with E-state index in [0.29, 0.717) is 17.9 Å². The van der Waals surface area contributed by atoms with Gasteiger partial charge in [-0.2, -0.15) is 5.26 Å². The number of ether oxygens (including phenoxy) is 2. The number of aliphatic carboxylic acids is 1. The van der Waals surface area contributed by atoms with Gasteiger partial charge < -0.3 is 19.9 Å². The van der Waals surface area contributed by atoms with Gasteiger partial charge in [0.2, 0.25) is 0 Å². The van der Waals surface area contributed by atoms with Gasteiger partial charge in [0.25, 0.3) is 5.91 Å². The van der Waals surface area contributed by atoms with Crippen LogP contribution in [-0.2, 0) is 16.0 Å². The zero-order valence-electron chi connectivity index (χ0n) is 16.1. The van der Waals surface area contributed by atoms with Crippen molar-refractivity contribution in [3.05, 3.63) is 65.2 Å². The van der Waals surface area contributed by atoms with E-state index in [-0.39, 0.29) is 11.3 Å². The molecule has 2 N–H and O–H groups in total. The fourth-order valence-corrected chi connectivity index (χ4v) is 2.58. The first-order valence-corrected chi connectivity index (χ1v) is 9.00. The van der Waals surface area contributed by atoms with Crippen LogP contribution in [0.1, 0.15) is 17.5 Å². The summed E-state index contributed by atoms with van der Waals surface area (Å²) in [6.07, 6.45) is 3.04. The number of aryl methyl sites for hydroxylation is 1. The lowest BCUT2D eigenvalue weighted by Crippen LogP contribution is -2.25. The first-order chi connectivity index (χ1) is 14.0. The second-order valence-electron chi connectivity index (χ2n) is 6.11. The van der Waals surface area contributed by atoms with Crippen LogP contribution in [0.3, 0.4) is 0 Å². The molecule has 29 heavy (non-hydrogen) atoms. The molecule has 0 fully saturated rings. The van der Waals surface area contributed by atoms with Gasteiger partial charge in [-0.25, -0.2) is 4.79 Å². The zero-order chi connectivity index (χ0) is 21.1. The number of nitriles is 1. The van der Waals surface area contributed by atoms with Crippen molar-refractivity contribution in [2.75, 3.05) is 20.3 Å². The molecule has 7 nitrogen and oxygen atoms in total. The predicted octanol–water partition coefficient (Wildman–Crippen LogP) is 2.81. The lowest BCUT2D eigenvalue weighted by molar-refractivity contribution is -0.139. The summed E-state index contributed by atoms with van der Waals surface area (Å²) in [6, 6.07) is 16.6. The third-order valence-electron chi connectivity index (χ3n) is 3.99. The van der Waals surface area contributed by atoms with Crippen LogP contribution in [0.5, 0.6) is 11.5 Å². The van der Waals surface area contributed by atoms with Crippen molar-refractivity contribution >= 4 is 18.0 Å². The molecule has 0 aliphatic rings. The Balaban J connectivity index is 1.97. The number of nitrogens with zero attached hydrogens (tertiary/aromatic N) is 1. The summed E-state index contributed by atoms with van der Waals surface area (Å²) in [5.41, 5.74) is 1.71. The predicted molar refractivity (Wildman–Crippen MR) is 107 cm³/mol. The van der Waals surface area contributed by atoms with Crippen molar-refractivity contribution in [1.29, 1.82) is 5.26 Å². The lowest BCUT2D eigenvalue weighted by atomic mass is 10.1. The number of carbonyl (C=O) groups excluding carboxylic acids is 1. The average Bonchev–Trinajstić information content (AvgIpc) is 2.74. The van der Waals surface area contributed by atoms with Gasteiger partial charge in [0.1, 0.15) is 11.6 Å². The third kappa shape index (κ3) is 7.03. The Morgan fingerprint density at radius 2 is 1.93 bits per heavy atom. The van der Waals surface area contributed by atoms with Gasteiger partial charge in [-0.1, -0.05) is 36.4 Å². The van der Waals surface area contributed by atoms with Crippen molar-refractivity contribution < 1.29 is 24.2 Å². The molecule has 1 amide bonds. The van der Waals surface area contributed by atoms with Crippen molar-refractivity contribution in [3.8, 4) is 17.6 Å². The van der Waals surface area contributed by atoms with Crippen molar-refractivity contribution in [2.45, 2.75) is 12.8 Å². The largest absolute Gasteiger partial charge is 0.493 e. The van der Waals surface area contributed by atoms with E-state index in [0.717, 1.165) is 12.8 Å². The van der Waals surface area contributed by atoms with E-state index in [9.17, 15) is 14.9 Å². The molecular formula is C22H22N2O5. The molecule has 2 rings (SSSR count). The number of rotatable bonds is 10. The SMILES string of the molecule is COc1cc(C=C(C#N)C(=O)NCCCc2ccccc2)ccc1OCC(=O)O. The molecular weight excluding hydrogens is 372 g/mol. The maximum Gasteiger partial charge on any atom is 0.341 e. The Bertz CT molecular complexity index is 917. The Hall–Kier alpha value is -3.79. The molecule has 2 aromatic rings. The quantitative estimate of drug-likeness (QED) is 0.364. The topological polar surface area (TPSA) is 109 Å². The smallest absolute Gasteiger partial charge is 0.341 e. The van der Waals surface area contributed by atoms with Gasteiger partial charge in [-0.3, -0.25) is 4.79 Å². The van der Waals surface area contributed by atoms with Gasteiger partial charge in [0.15, 0.2) is 18.1 Å². The fourth-order valence-electron chi connectivity index (χ4n) is 2.58. The molecule has 0 heterocycles. The number of methoxy groups -OCH3 is 1. The molecule has 0 aromatic heterocycles. The van der Waals surface area contributed by atoms with Gasteiger partial charge in [0.05, 0.1) is 7.11 Å². The van der Waals surface area contributed by atoms with Crippen molar-refractivity contribution in [2.24, 2.45) is 0 Å². The van der Waals surface area contributed by atoms with E-state index in [2.05, 4.69) is 5.32 Å².